The highest BCUT2D eigenvalue weighted by atomic mass is 16.5. The minimum Gasteiger partial charge on any atom is -0.439 e. The van der Waals surface area contributed by atoms with Crippen LogP contribution in [0.2, 0.25) is 0 Å². The zero-order valence-corrected chi connectivity index (χ0v) is 12.6. The van der Waals surface area contributed by atoms with Crippen molar-refractivity contribution in [2.45, 2.75) is 39.0 Å². The van der Waals surface area contributed by atoms with Crippen LogP contribution in [0.5, 0.6) is 11.6 Å². The highest BCUT2D eigenvalue weighted by Crippen LogP contribution is 2.39. The molecule has 0 radical (unpaired) electrons. The Bertz CT molecular complexity index is 623. The van der Waals surface area contributed by atoms with Crippen LogP contribution < -0.4 is 10.1 Å². The summed E-state index contributed by atoms with van der Waals surface area (Å²) in [5, 5.41) is 3.32. The molecule has 0 aliphatic heterocycles. The topological polar surface area (TPSA) is 47.0 Å². The summed E-state index contributed by atoms with van der Waals surface area (Å²) in [5.41, 5.74) is 1.17. The third kappa shape index (κ3) is 3.72. The normalized spacial score (nSPS) is 14.0. The molecule has 4 nitrogen and oxygen atoms in total. The first-order chi connectivity index (χ1) is 10.2. The average Bonchev–Trinajstić information content (AvgIpc) is 3.29. The van der Waals surface area contributed by atoms with E-state index in [1.807, 2.05) is 24.3 Å². The van der Waals surface area contributed by atoms with Gasteiger partial charge in [-0.1, -0.05) is 19.1 Å². The van der Waals surface area contributed by atoms with Gasteiger partial charge in [0.25, 0.3) is 0 Å². The third-order valence-corrected chi connectivity index (χ3v) is 3.43. The van der Waals surface area contributed by atoms with Gasteiger partial charge in [-0.05, 0) is 43.9 Å². The van der Waals surface area contributed by atoms with Gasteiger partial charge in [-0.2, -0.15) is 4.98 Å². The highest BCUT2D eigenvalue weighted by molar-refractivity contribution is 5.41. The molecule has 0 atom stereocenters. The summed E-state index contributed by atoms with van der Waals surface area (Å²) in [6, 6.07) is 9.88. The number of hydrogen-bond acceptors (Lipinski definition) is 4. The van der Waals surface area contributed by atoms with Crippen molar-refractivity contribution in [3.63, 3.8) is 0 Å². The fraction of sp³-hybridized carbons (Fsp3) is 0.412. The minimum atomic E-state index is 0.508. The van der Waals surface area contributed by atoms with Gasteiger partial charge < -0.3 is 10.1 Å². The van der Waals surface area contributed by atoms with E-state index in [1.54, 1.807) is 0 Å². The van der Waals surface area contributed by atoms with Crippen LogP contribution in [-0.4, -0.2) is 16.5 Å². The molecule has 1 fully saturated rings. The van der Waals surface area contributed by atoms with Crippen molar-refractivity contribution in [3.05, 3.63) is 41.7 Å². The zero-order valence-electron chi connectivity index (χ0n) is 12.6. The molecule has 110 valence electrons. The first-order valence-corrected chi connectivity index (χ1v) is 7.62. The van der Waals surface area contributed by atoms with Crippen LogP contribution in [0.1, 0.15) is 43.5 Å². The SMILES string of the molecule is CCCNc1cc(Oc2cccc(C)c2)nc(C2CC2)n1. The molecule has 21 heavy (non-hydrogen) atoms. The average molecular weight is 283 g/mol. The maximum Gasteiger partial charge on any atom is 0.224 e. The van der Waals surface area contributed by atoms with Crippen molar-refractivity contribution in [3.8, 4) is 11.6 Å². The van der Waals surface area contributed by atoms with E-state index >= 15 is 0 Å². The molecule has 1 aliphatic rings. The summed E-state index contributed by atoms with van der Waals surface area (Å²) in [6.07, 6.45) is 3.43. The van der Waals surface area contributed by atoms with Crippen LogP contribution >= 0.6 is 0 Å². The minimum absolute atomic E-state index is 0.508. The molecule has 0 saturated heterocycles. The number of benzene rings is 1. The first kappa shape index (κ1) is 13.9. The first-order valence-electron chi connectivity index (χ1n) is 7.62. The van der Waals surface area contributed by atoms with Crippen molar-refractivity contribution in [2.24, 2.45) is 0 Å². The van der Waals surface area contributed by atoms with Gasteiger partial charge in [0.1, 0.15) is 17.4 Å². The zero-order chi connectivity index (χ0) is 14.7. The van der Waals surface area contributed by atoms with E-state index in [2.05, 4.69) is 35.2 Å². The van der Waals surface area contributed by atoms with E-state index in [4.69, 9.17) is 4.74 Å². The summed E-state index contributed by atoms with van der Waals surface area (Å²) < 4.78 is 5.91. The number of rotatable bonds is 6. The Labute approximate surface area is 125 Å². The summed E-state index contributed by atoms with van der Waals surface area (Å²) in [6.45, 7) is 5.10. The van der Waals surface area contributed by atoms with Crippen molar-refractivity contribution in [1.82, 2.24) is 9.97 Å². The number of aryl methyl sites for hydroxylation is 1. The van der Waals surface area contributed by atoms with E-state index < -0.39 is 0 Å². The quantitative estimate of drug-likeness (QED) is 0.859. The Morgan fingerprint density at radius 2 is 2.10 bits per heavy atom. The maximum absolute atomic E-state index is 5.91. The van der Waals surface area contributed by atoms with E-state index in [9.17, 15) is 0 Å². The van der Waals surface area contributed by atoms with Crippen LogP contribution in [0.3, 0.4) is 0 Å². The molecule has 3 rings (SSSR count). The molecule has 1 saturated carbocycles. The Morgan fingerprint density at radius 1 is 1.24 bits per heavy atom. The van der Waals surface area contributed by atoms with E-state index in [-0.39, 0.29) is 0 Å². The van der Waals surface area contributed by atoms with Gasteiger partial charge in [0.2, 0.25) is 5.88 Å². The molecule has 1 aliphatic carbocycles. The van der Waals surface area contributed by atoms with Crippen LogP contribution in [0.4, 0.5) is 5.82 Å². The molecule has 1 heterocycles. The lowest BCUT2D eigenvalue weighted by atomic mass is 10.2. The number of nitrogens with one attached hydrogen (secondary N) is 1. The number of hydrogen-bond donors (Lipinski definition) is 1. The molecule has 4 heteroatoms. The van der Waals surface area contributed by atoms with Gasteiger partial charge in [0.05, 0.1) is 0 Å². The molecule has 0 amide bonds. The second-order valence-electron chi connectivity index (χ2n) is 5.57. The van der Waals surface area contributed by atoms with E-state index in [0.717, 1.165) is 30.4 Å². The Morgan fingerprint density at radius 3 is 2.81 bits per heavy atom. The Kier molecular flexibility index (Phi) is 4.04. The fourth-order valence-electron chi connectivity index (χ4n) is 2.16. The molecular formula is C17H21N3O. The molecule has 2 aromatic rings. The second kappa shape index (κ2) is 6.12. The third-order valence-electron chi connectivity index (χ3n) is 3.43. The number of nitrogens with zero attached hydrogens (tertiary/aromatic N) is 2. The lowest BCUT2D eigenvalue weighted by Gasteiger charge is -2.10. The molecule has 0 unspecified atom stereocenters. The van der Waals surface area contributed by atoms with Crippen LogP contribution in [0.15, 0.2) is 30.3 Å². The van der Waals surface area contributed by atoms with Gasteiger partial charge in [0, 0.05) is 18.5 Å². The smallest absolute Gasteiger partial charge is 0.224 e. The van der Waals surface area contributed by atoms with Gasteiger partial charge in [-0.3, -0.25) is 0 Å². The van der Waals surface area contributed by atoms with Crippen LogP contribution in [0, 0.1) is 6.92 Å². The molecule has 0 bridgehead atoms. The van der Waals surface area contributed by atoms with E-state index in [1.165, 1.54) is 18.4 Å². The van der Waals surface area contributed by atoms with Crippen molar-refractivity contribution < 1.29 is 4.74 Å². The van der Waals surface area contributed by atoms with Crippen molar-refractivity contribution >= 4 is 5.82 Å². The summed E-state index contributed by atoms with van der Waals surface area (Å²) in [5.74, 6) is 3.70. The molecule has 1 aromatic heterocycles. The summed E-state index contributed by atoms with van der Waals surface area (Å²) >= 11 is 0. The lowest BCUT2D eigenvalue weighted by molar-refractivity contribution is 0.458. The molecule has 1 N–H and O–H groups in total. The molecular weight excluding hydrogens is 262 g/mol. The summed E-state index contributed by atoms with van der Waals surface area (Å²) in [7, 11) is 0. The predicted molar refractivity (Wildman–Crippen MR) is 84.0 cm³/mol. The summed E-state index contributed by atoms with van der Waals surface area (Å²) in [4.78, 5) is 9.14. The Hall–Kier alpha value is -2.10. The number of aromatic nitrogens is 2. The van der Waals surface area contributed by atoms with Crippen molar-refractivity contribution in [1.29, 1.82) is 0 Å². The van der Waals surface area contributed by atoms with E-state index in [0.29, 0.717) is 11.8 Å². The largest absolute Gasteiger partial charge is 0.439 e. The number of anilines is 1. The standard InChI is InChI=1S/C17H21N3O/c1-3-9-18-15-11-16(20-17(19-15)13-7-8-13)21-14-6-4-5-12(2)10-14/h4-6,10-11,13H,3,7-9H2,1-2H3,(H,18,19,20). The predicted octanol–water partition coefficient (Wildman–Crippen LogP) is 4.28. The highest BCUT2D eigenvalue weighted by Gasteiger charge is 2.27. The van der Waals surface area contributed by atoms with Crippen molar-refractivity contribution in [2.75, 3.05) is 11.9 Å². The maximum atomic E-state index is 5.91. The van der Waals surface area contributed by atoms with Crippen LogP contribution in [0.25, 0.3) is 0 Å². The fourth-order valence-corrected chi connectivity index (χ4v) is 2.16. The second-order valence-corrected chi connectivity index (χ2v) is 5.57. The molecule has 0 spiro atoms. The number of ether oxygens (including phenoxy) is 1. The Balaban J connectivity index is 1.84. The van der Waals surface area contributed by atoms with Gasteiger partial charge >= 0.3 is 0 Å². The van der Waals surface area contributed by atoms with Gasteiger partial charge in [-0.25, -0.2) is 4.98 Å². The van der Waals surface area contributed by atoms with Gasteiger partial charge in [-0.15, -0.1) is 0 Å². The monoisotopic (exact) mass is 283 g/mol. The van der Waals surface area contributed by atoms with Gasteiger partial charge in [0.15, 0.2) is 0 Å². The lowest BCUT2D eigenvalue weighted by Crippen LogP contribution is -2.05. The molecule has 1 aromatic carbocycles. The van der Waals surface area contributed by atoms with Crippen LogP contribution in [-0.2, 0) is 0 Å².